The van der Waals surface area contributed by atoms with E-state index in [2.05, 4.69) is 5.32 Å². The Morgan fingerprint density at radius 3 is 2.63 bits per heavy atom. The van der Waals surface area contributed by atoms with Crippen LogP contribution in [0.15, 0.2) is 18.2 Å². The number of likely N-dealkylation sites (tertiary alicyclic amines) is 1. The number of nitrogens with one attached hydrogen (secondary N) is 1. The van der Waals surface area contributed by atoms with Gasteiger partial charge in [0.2, 0.25) is 0 Å². The number of nitrogens with zero attached hydrogens (tertiary/aromatic N) is 1. The van der Waals surface area contributed by atoms with Crippen molar-refractivity contribution in [2.24, 2.45) is 0 Å². The standard InChI is InChI=1S/C14H19ClN2O2/c1-14(19)5-7-17(8-6-14)13(18)11-9-10(15)3-4-12(11)16-2/h3-4,9,16,19H,5-8H2,1-2H3. The van der Waals surface area contributed by atoms with Gasteiger partial charge in [-0.3, -0.25) is 4.79 Å². The summed E-state index contributed by atoms with van der Waals surface area (Å²) in [5.74, 6) is -0.0395. The predicted molar refractivity (Wildman–Crippen MR) is 76.8 cm³/mol. The van der Waals surface area contributed by atoms with Crippen LogP contribution in [0.4, 0.5) is 5.69 Å². The first-order valence-corrected chi connectivity index (χ1v) is 6.80. The normalized spacial score (nSPS) is 18.2. The van der Waals surface area contributed by atoms with Gasteiger partial charge in [-0.1, -0.05) is 11.6 Å². The second-order valence-electron chi connectivity index (χ2n) is 5.23. The molecule has 1 amide bonds. The molecule has 0 saturated carbocycles. The van der Waals surface area contributed by atoms with Gasteiger partial charge in [-0.2, -0.15) is 0 Å². The van der Waals surface area contributed by atoms with Crippen LogP contribution in [0.2, 0.25) is 5.02 Å². The Bertz CT molecular complexity index is 478. The molecular weight excluding hydrogens is 264 g/mol. The molecule has 0 unspecified atom stereocenters. The fraction of sp³-hybridized carbons (Fsp3) is 0.500. The molecule has 0 aliphatic carbocycles. The summed E-state index contributed by atoms with van der Waals surface area (Å²) in [6, 6.07) is 5.24. The average molecular weight is 283 g/mol. The summed E-state index contributed by atoms with van der Waals surface area (Å²) >= 11 is 5.96. The summed E-state index contributed by atoms with van der Waals surface area (Å²) < 4.78 is 0. The van der Waals surface area contributed by atoms with Crippen LogP contribution < -0.4 is 5.32 Å². The van der Waals surface area contributed by atoms with Crippen LogP contribution in [-0.2, 0) is 0 Å². The predicted octanol–water partition coefficient (Wildman–Crippen LogP) is 2.37. The Labute approximate surface area is 118 Å². The van der Waals surface area contributed by atoms with Gasteiger partial charge in [-0.15, -0.1) is 0 Å². The lowest BCUT2D eigenvalue weighted by Crippen LogP contribution is -2.45. The lowest BCUT2D eigenvalue weighted by atomic mass is 9.93. The van der Waals surface area contributed by atoms with E-state index in [1.54, 1.807) is 30.1 Å². The number of anilines is 1. The molecule has 0 bridgehead atoms. The topological polar surface area (TPSA) is 52.6 Å². The maximum atomic E-state index is 12.5. The second-order valence-corrected chi connectivity index (χ2v) is 5.67. The lowest BCUT2D eigenvalue weighted by Gasteiger charge is -2.36. The van der Waals surface area contributed by atoms with Crippen molar-refractivity contribution in [3.63, 3.8) is 0 Å². The molecule has 0 atom stereocenters. The van der Waals surface area contributed by atoms with Crippen molar-refractivity contribution in [1.82, 2.24) is 4.90 Å². The van der Waals surface area contributed by atoms with E-state index in [4.69, 9.17) is 11.6 Å². The largest absolute Gasteiger partial charge is 0.390 e. The van der Waals surface area contributed by atoms with E-state index in [0.29, 0.717) is 36.5 Å². The Kier molecular flexibility index (Phi) is 4.02. The van der Waals surface area contributed by atoms with Gasteiger partial charge < -0.3 is 15.3 Å². The third kappa shape index (κ3) is 3.19. The highest BCUT2D eigenvalue weighted by Crippen LogP contribution is 2.26. The fourth-order valence-electron chi connectivity index (χ4n) is 2.27. The molecule has 0 spiro atoms. The average Bonchev–Trinajstić information content (AvgIpc) is 2.38. The zero-order valence-corrected chi connectivity index (χ0v) is 12.0. The highest BCUT2D eigenvalue weighted by Gasteiger charge is 2.30. The quantitative estimate of drug-likeness (QED) is 0.876. The molecule has 0 aromatic heterocycles. The van der Waals surface area contributed by atoms with Crippen LogP contribution in [0.5, 0.6) is 0 Å². The zero-order valence-electron chi connectivity index (χ0n) is 11.2. The summed E-state index contributed by atoms with van der Waals surface area (Å²) in [7, 11) is 1.78. The third-order valence-electron chi connectivity index (χ3n) is 3.61. The summed E-state index contributed by atoms with van der Waals surface area (Å²) in [4.78, 5) is 14.3. The number of carbonyl (C=O) groups is 1. The Morgan fingerprint density at radius 1 is 1.42 bits per heavy atom. The van der Waals surface area contributed by atoms with Crippen LogP contribution in [-0.4, -0.2) is 41.7 Å². The van der Waals surface area contributed by atoms with Gasteiger partial charge >= 0.3 is 0 Å². The number of aliphatic hydroxyl groups is 1. The number of hydrogen-bond acceptors (Lipinski definition) is 3. The van der Waals surface area contributed by atoms with Crippen molar-refractivity contribution in [1.29, 1.82) is 0 Å². The number of amides is 1. The zero-order chi connectivity index (χ0) is 14.0. The van der Waals surface area contributed by atoms with Gasteiger partial charge in [0.15, 0.2) is 0 Å². The van der Waals surface area contributed by atoms with E-state index in [0.717, 1.165) is 5.69 Å². The van der Waals surface area contributed by atoms with E-state index in [1.807, 2.05) is 6.92 Å². The molecule has 5 heteroatoms. The molecule has 2 N–H and O–H groups in total. The third-order valence-corrected chi connectivity index (χ3v) is 3.84. The van der Waals surface area contributed by atoms with Crippen molar-refractivity contribution < 1.29 is 9.90 Å². The van der Waals surface area contributed by atoms with Gasteiger partial charge in [0, 0.05) is 30.8 Å². The summed E-state index contributed by atoms with van der Waals surface area (Å²) in [6.07, 6.45) is 1.21. The molecule has 104 valence electrons. The lowest BCUT2D eigenvalue weighted by molar-refractivity contribution is -0.00199. The number of piperidine rings is 1. The SMILES string of the molecule is CNc1ccc(Cl)cc1C(=O)N1CCC(C)(O)CC1. The smallest absolute Gasteiger partial charge is 0.256 e. The van der Waals surface area contributed by atoms with E-state index in [1.165, 1.54) is 0 Å². The van der Waals surface area contributed by atoms with Crippen molar-refractivity contribution in [2.45, 2.75) is 25.4 Å². The number of carbonyl (C=O) groups excluding carboxylic acids is 1. The summed E-state index contributed by atoms with van der Waals surface area (Å²) in [5.41, 5.74) is 0.694. The van der Waals surface area contributed by atoms with E-state index in [9.17, 15) is 9.90 Å². The molecule has 0 radical (unpaired) electrons. The Balaban J connectivity index is 2.18. The molecule has 1 aromatic carbocycles. The molecule has 4 nitrogen and oxygen atoms in total. The van der Waals surface area contributed by atoms with Gasteiger partial charge in [0.25, 0.3) is 5.91 Å². The number of benzene rings is 1. The molecule has 2 rings (SSSR count). The van der Waals surface area contributed by atoms with Gasteiger partial charge in [0.1, 0.15) is 0 Å². The van der Waals surface area contributed by atoms with Crippen molar-refractivity contribution in [3.8, 4) is 0 Å². The molecule has 1 saturated heterocycles. The van der Waals surface area contributed by atoms with E-state index in [-0.39, 0.29) is 5.91 Å². The highest BCUT2D eigenvalue weighted by molar-refractivity contribution is 6.31. The maximum Gasteiger partial charge on any atom is 0.256 e. The van der Waals surface area contributed by atoms with Crippen molar-refractivity contribution in [3.05, 3.63) is 28.8 Å². The first kappa shape index (κ1) is 14.2. The molecule has 1 fully saturated rings. The van der Waals surface area contributed by atoms with Crippen LogP contribution in [0.25, 0.3) is 0 Å². The van der Waals surface area contributed by atoms with Gasteiger partial charge in [-0.05, 0) is 38.0 Å². The number of hydrogen-bond donors (Lipinski definition) is 2. The minimum Gasteiger partial charge on any atom is -0.390 e. The van der Waals surface area contributed by atoms with Crippen LogP contribution >= 0.6 is 11.6 Å². The number of rotatable bonds is 2. The van der Waals surface area contributed by atoms with Crippen molar-refractivity contribution in [2.75, 3.05) is 25.5 Å². The van der Waals surface area contributed by atoms with E-state index < -0.39 is 5.60 Å². The highest BCUT2D eigenvalue weighted by atomic mass is 35.5. The Morgan fingerprint density at radius 2 is 2.05 bits per heavy atom. The first-order chi connectivity index (χ1) is 8.93. The second kappa shape index (κ2) is 5.39. The fourth-order valence-corrected chi connectivity index (χ4v) is 2.45. The van der Waals surface area contributed by atoms with Crippen LogP contribution in [0.3, 0.4) is 0 Å². The van der Waals surface area contributed by atoms with Gasteiger partial charge in [-0.25, -0.2) is 0 Å². The van der Waals surface area contributed by atoms with Crippen molar-refractivity contribution >= 4 is 23.2 Å². The first-order valence-electron chi connectivity index (χ1n) is 6.42. The molecule has 1 heterocycles. The van der Waals surface area contributed by atoms with Crippen LogP contribution in [0, 0.1) is 0 Å². The Hall–Kier alpha value is -1.26. The molecule has 19 heavy (non-hydrogen) atoms. The summed E-state index contributed by atoms with van der Waals surface area (Å²) in [5, 5.41) is 13.5. The molecule has 1 aliphatic rings. The molecular formula is C14H19ClN2O2. The minimum atomic E-state index is -0.656. The monoisotopic (exact) mass is 282 g/mol. The number of halogens is 1. The van der Waals surface area contributed by atoms with Crippen LogP contribution in [0.1, 0.15) is 30.1 Å². The molecule has 1 aromatic rings. The molecule has 1 aliphatic heterocycles. The summed E-state index contributed by atoms with van der Waals surface area (Å²) in [6.45, 7) is 2.95. The minimum absolute atomic E-state index is 0.0395. The maximum absolute atomic E-state index is 12.5. The van der Waals surface area contributed by atoms with Gasteiger partial charge in [0.05, 0.1) is 11.2 Å². The van der Waals surface area contributed by atoms with E-state index >= 15 is 0 Å².